The number of ether oxygens (including phenoxy) is 4. The van der Waals surface area contributed by atoms with Gasteiger partial charge < -0.3 is 18.9 Å². The number of nitrogens with zero attached hydrogens (tertiary/aromatic N) is 1. The van der Waals surface area contributed by atoms with Crippen molar-refractivity contribution in [1.82, 2.24) is 0 Å². The highest BCUT2D eigenvalue weighted by atomic mass is 16.6. The van der Waals surface area contributed by atoms with Crippen LogP contribution in [0.5, 0.6) is 17.2 Å². The maximum Gasteiger partial charge on any atom is 0.363 e. The molecular formula is C26H23NO5. The Morgan fingerprint density at radius 2 is 1.59 bits per heavy atom. The molecule has 162 valence electrons. The monoisotopic (exact) mass is 429 g/mol. The molecule has 0 N–H and O–H groups in total. The molecule has 0 saturated heterocycles. The molecule has 3 aromatic rings. The van der Waals surface area contributed by atoms with Gasteiger partial charge in [-0.15, -0.1) is 0 Å². The highest BCUT2D eigenvalue weighted by molar-refractivity contribution is 6.12. The third-order valence-corrected chi connectivity index (χ3v) is 4.82. The van der Waals surface area contributed by atoms with E-state index in [2.05, 4.69) is 4.99 Å². The summed E-state index contributed by atoms with van der Waals surface area (Å²) < 4.78 is 22.3. The maximum atomic E-state index is 12.2. The van der Waals surface area contributed by atoms with Crippen molar-refractivity contribution in [3.8, 4) is 17.2 Å². The lowest BCUT2D eigenvalue weighted by Gasteiger charge is -2.13. The van der Waals surface area contributed by atoms with E-state index in [-0.39, 0.29) is 5.70 Å². The highest BCUT2D eigenvalue weighted by Gasteiger charge is 2.24. The van der Waals surface area contributed by atoms with E-state index in [0.29, 0.717) is 30.6 Å². The van der Waals surface area contributed by atoms with Crippen molar-refractivity contribution in [2.24, 2.45) is 4.99 Å². The van der Waals surface area contributed by atoms with E-state index < -0.39 is 5.97 Å². The Morgan fingerprint density at radius 3 is 2.34 bits per heavy atom. The molecule has 0 atom stereocenters. The fourth-order valence-corrected chi connectivity index (χ4v) is 3.19. The van der Waals surface area contributed by atoms with Crippen LogP contribution in [0.3, 0.4) is 0 Å². The van der Waals surface area contributed by atoms with Gasteiger partial charge in [0.15, 0.2) is 17.2 Å². The third-order valence-electron chi connectivity index (χ3n) is 4.82. The fourth-order valence-electron chi connectivity index (χ4n) is 3.19. The zero-order valence-corrected chi connectivity index (χ0v) is 17.9. The van der Waals surface area contributed by atoms with Crippen LogP contribution in [0.15, 0.2) is 83.5 Å². The summed E-state index contributed by atoms with van der Waals surface area (Å²) in [5.74, 6) is 1.78. The molecule has 4 rings (SSSR count). The van der Waals surface area contributed by atoms with Crippen molar-refractivity contribution in [1.29, 1.82) is 0 Å². The number of cyclic esters (lactones) is 1. The van der Waals surface area contributed by atoms with Gasteiger partial charge in [-0.2, -0.15) is 0 Å². The SMILES string of the molecule is COc1cc(/C=C2/N=C(c3ccccc3)OC2=O)ccc1OCCOc1ccccc1C. The largest absolute Gasteiger partial charge is 0.493 e. The second-order valence-electron chi connectivity index (χ2n) is 7.07. The van der Waals surface area contributed by atoms with Gasteiger partial charge in [-0.3, -0.25) is 0 Å². The van der Waals surface area contributed by atoms with Crippen molar-refractivity contribution in [3.63, 3.8) is 0 Å². The fraction of sp³-hybridized carbons (Fsp3) is 0.154. The second kappa shape index (κ2) is 9.83. The van der Waals surface area contributed by atoms with Gasteiger partial charge in [0.1, 0.15) is 19.0 Å². The summed E-state index contributed by atoms with van der Waals surface area (Å²) >= 11 is 0. The van der Waals surface area contributed by atoms with Crippen LogP contribution >= 0.6 is 0 Å². The van der Waals surface area contributed by atoms with Gasteiger partial charge in [0.25, 0.3) is 0 Å². The molecule has 0 aromatic heterocycles. The van der Waals surface area contributed by atoms with E-state index in [9.17, 15) is 4.79 Å². The van der Waals surface area contributed by atoms with Crippen LogP contribution in [-0.2, 0) is 9.53 Å². The molecule has 1 aliphatic heterocycles. The summed E-state index contributed by atoms with van der Waals surface area (Å²) in [5, 5.41) is 0. The number of para-hydroxylation sites is 1. The lowest BCUT2D eigenvalue weighted by Crippen LogP contribution is -2.10. The predicted octanol–water partition coefficient (Wildman–Crippen LogP) is 4.81. The number of carbonyl (C=O) groups is 1. The first-order chi connectivity index (χ1) is 15.6. The first-order valence-electron chi connectivity index (χ1n) is 10.2. The van der Waals surface area contributed by atoms with Crippen LogP contribution < -0.4 is 14.2 Å². The van der Waals surface area contributed by atoms with Gasteiger partial charge in [0, 0.05) is 5.56 Å². The highest BCUT2D eigenvalue weighted by Crippen LogP contribution is 2.30. The molecule has 6 nitrogen and oxygen atoms in total. The Morgan fingerprint density at radius 1 is 0.875 bits per heavy atom. The standard InChI is InChI=1S/C26H23NO5/c1-18-8-6-7-11-22(18)30-14-15-31-23-13-12-19(17-24(23)29-2)16-21-26(28)32-25(27-21)20-9-4-3-5-10-20/h3-13,16-17H,14-15H2,1-2H3/b21-16+. The molecule has 32 heavy (non-hydrogen) atoms. The van der Waals surface area contributed by atoms with Crippen molar-refractivity contribution in [2.75, 3.05) is 20.3 Å². The Kier molecular flexibility index (Phi) is 6.51. The predicted molar refractivity (Wildman–Crippen MR) is 122 cm³/mol. The molecule has 0 unspecified atom stereocenters. The Hall–Kier alpha value is -4.06. The third kappa shape index (κ3) is 4.98. The number of carbonyl (C=O) groups excluding carboxylic acids is 1. The molecule has 0 bridgehead atoms. The molecule has 0 fully saturated rings. The smallest absolute Gasteiger partial charge is 0.363 e. The minimum Gasteiger partial charge on any atom is -0.493 e. The number of hydrogen-bond acceptors (Lipinski definition) is 6. The van der Waals surface area contributed by atoms with Crippen molar-refractivity contribution < 1.29 is 23.7 Å². The Bertz CT molecular complexity index is 1170. The van der Waals surface area contributed by atoms with Gasteiger partial charge >= 0.3 is 5.97 Å². The first kappa shape index (κ1) is 21.2. The van der Waals surface area contributed by atoms with E-state index in [1.807, 2.05) is 67.6 Å². The minimum atomic E-state index is -0.489. The van der Waals surface area contributed by atoms with Gasteiger partial charge in [0.05, 0.1) is 7.11 Å². The molecule has 0 radical (unpaired) electrons. The lowest BCUT2D eigenvalue weighted by atomic mass is 10.1. The van der Waals surface area contributed by atoms with Crippen molar-refractivity contribution in [3.05, 3.63) is 95.2 Å². The van der Waals surface area contributed by atoms with Gasteiger partial charge in [-0.05, 0) is 54.5 Å². The number of benzene rings is 3. The van der Waals surface area contributed by atoms with E-state index in [0.717, 1.165) is 22.4 Å². The summed E-state index contributed by atoms with van der Waals surface area (Å²) in [7, 11) is 1.57. The number of aryl methyl sites for hydroxylation is 1. The van der Waals surface area contributed by atoms with Crippen LogP contribution in [0.4, 0.5) is 0 Å². The van der Waals surface area contributed by atoms with Gasteiger partial charge in [0.2, 0.25) is 5.90 Å². The van der Waals surface area contributed by atoms with Crippen molar-refractivity contribution in [2.45, 2.75) is 6.92 Å². The normalized spacial score (nSPS) is 14.1. The minimum absolute atomic E-state index is 0.228. The number of rotatable bonds is 8. The first-order valence-corrected chi connectivity index (χ1v) is 10.2. The van der Waals surface area contributed by atoms with Crippen LogP contribution in [0, 0.1) is 6.92 Å². The molecule has 0 aliphatic carbocycles. The molecule has 0 saturated carbocycles. The molecule has 1 heterocycles. The van der Waals surface area contributed by atoms with Gasteiger partial charge in [-0.25, -0.2) is 9.79 Å². The van der Waals surface area contributed by atoms with Crippen LogP contribution in [0.1, 0.15) is 16.7 Å². The van der Waals surface area contributed by atoms with Gasteiger partial charge in [-0.1, -0.05) is 42.5 Å². The van der Waals surface area contributed by atoms with Crippen LogP contribution in [0.2, 0.25) is 0 Å². The average molecular weight is 429 g/mol. The number of hydrogen-bond donors (Lipinski definition) is 0. The molecule has 0 spiro atoms. The van der Waals surface area contributed by atoms with E-state index in [1.54, 1.807) is 25.3 Å². The average Bonchev–Trinajstić information content (AvgIpc) is 3.19. The van der Waals surface area contributed by atoms with E-state index >= 15 is 0 Å². The topological polar surface area (TPSA) is 66.4 Å². The van der Waals surface area contributed by atoms with Crippen molar-refractivity contribution >= 4 is 17.9 Å². The zero-order chi connectivity index (χ0) is 22.3. The lowest BCUT2D eigenvalue weighted by molar-refractivity contribution is -0.129. The zero-order valence-electron chi connectivity index (χ0n) is 17.9. The van der Waals surface area contributed by atoms with E-state index in [4.69, 9.17) is 18.9 Å². The van der Waals surface area contributed by atoms with Crippen LogP contribution in [-0.4, -0.2) is 32.2 Å². The summed E-state index contributed by atoms with van der Waals surface area (Å²) in [5.41, 5.74) is 2.80. The number of methoxy groups -OCH3 is 1. The second-order valence-corrected chi connectivity index (χ2v) is 7.07. The summed E-state index contributed by atoms with van der Waals surface area (Å²) in [6.07, 6.45) is 1.66. The molecule has 3 aromatic carbocycles. The molecule has 0 amide bonds. The molecule has 1 aliphatic rings. The Labute approximate surface area is 186 Å². The van der Waals surface area contributed by atoms with Crippen LogP contribution in [0.25, 0.3) is 6.08 Å². The quantitative estimate of drug-likeness (QED) is 0.292. The summed E-state index contributed by atoms with van der Waals surface area (Å²) in [6, 6.07) is 22.5. The summed E-state index contributed by atoms with van der Waals surface area (Å²) in [4.78, 5) is 16.6. The summed E-state index contributed by atoms with van der Waals surface area (Å²) in [6.45, 7) is 2.77. The molecular weight excluding hydrogens is 406 g/mol. The molecule has 6 heteroatoms. The van der Waals surface area contributed by atoms with E-state index in [1.165, 1.54) is 0 Å². The number of aliphatic imine (C=N–C) groups is 1. The Balaban J connectivity index is 1.42. The maximum absolute atomic E-state index is 12.2. The number of esters is 1.